The maximum absolute atomic E-state index is 12.1. The Morgan fingerprint density at radius 2 is 1.70 bits per heavy atom. The van der Waals surface area contributed by atoms with Crippen LogP contribution in [0.1, 0.15) is 6.92 Å². The molecule has 1 unspecified atom stereocenters. The molecule has 0 saturated carbocycles. The van der Waals surface area contributed by atoms with Gasteiger partial charge in [0, 0.05) is 9.26 Å². The lowest BCUT2D eigenvalue weighted by Gasteiger charge is -2.15. The number of sulfonamides is 1. The molecule has 0 spiro atoms. The molecule has 0 aliphatic rings. The van der Waals surface area contributed by atoms with Crippen molar-refractivity contribution in [3.63, 3.8) is 0 Å². The number of ether oxygens (including phenoxy) is 1. The number of nitrogens with one attached hydrogen (secondary N) is 1. The molecular weight excluding hydrogens is 431 g/mol. The third-order valence-corrected chi connectivity index (χ3v) is 4.59. The predicted octanol–water partition coefficient (Wildman–Crippen LogP) is 2.34. The van der Waals surface area contributed by atoms with Crippen LogP contribution in [0.15, 0.2) is 53.4 Å². The van der Waals surface area contributed by atoms with Crippen molar-refractivity contribution in [3.05, 3.63) is 52.1 Å². The Morgan fingerprint density at radius 3 is 2.22 bits per heavy atom. The number of rotatable bonds is 5. The van der Waals surface area contributed by atoms with Crippen LogP contribution in [0.25, 0.3) is 0 Å². The van der Waals surface area contributed by atoms with Crippen molar-refractivity contribution in [1.29, 1.82) is 0 Å². The van der Waals surface area contributed by atoms with Gasteiger partial charge < -0.3 is 10.1 Å². The first-order chi connectivity index (χ1) is 10.8. The van der Waals surface area contributed by atoms with E-state index >= 15 is 0 Å². The molecule has 0 aliphatic carbocycles. The molecule has 3 N–H and O–H groups in total. The van der Waals surface area contributed by atoms with Gasteiger partial charge in [-0.15, -0.1) is 0 Å². The number of amides is 1. The minimum absolute atomic E-state index is 0.0151. The lowest BCUT2D eigenvalue weighted by molar-refractivity contribution is -0.122. The number of benzene rings is 2. The van der Waals surface area contributed by atoms with E-state index in [9.17, 15) is 13.2 Å². The quantitative estimate of drug-likeness (QED) is 0.689. The highest BCUT2D eigenvalue weighted by molar-refractivity contribution is 14.1. The number of hydrogen-bond acceptors (Lipinski definition) is 4. The minimum Gasteiger partial charge on any atom is -0.481 e. The first-order valence-electron chi connectivity index (χ1n) is 6.61. The standard InChI is InChI=1S/C15H15IN2O4S/c1-10(22-13-6-2-11(16)3-7-13)15(19)18-12-4-8-14(9-5-12)23(17,20)21/h2-10H,1H3,(H,18,19)(H2,17,20,21). The fraction of sp³-hybridized carbons (Fsp3) is 0.133. The maximum Gasteiger partial charge on any atom is 0.265 e. The highest BCUT2D eigenvalue weighted by Crippen LogP contribution is 2.16. The SMILES string of the molecule is CC(Oc1ccc(I)cc1)C(=O)Nc1ccc(S(N)(=O)=O)cc1. The van der Waals surface area contributed by atoms with E-state index in [4.69, 9.17) is 9.88 Å². The Balaban J connectivity index is 1.99. The smallest absolute Gasteiger partial charge is 0.265 e. The van der Waals surface area contributed by atoms with Gasteiger partial charge in [0.1, 0.15) is 5.75 Å². The Hall–Kier alpha value is -1.65. The molecule has 0 saturated heterocycles. The average molecular weight is 446 g/mol. The van der Waals surface area contributed by atoms with Gasteiger partial charge in [0.25, 0.3) is 5.91 Å². The van der Waals surface area contributed by atoms with Crippen LogP contribution >= 0.6 is 22.6 Å². The topological polar surface area (TPSA) is 98.5 Å². The van der Waals surface area contributed by atoms with Gasteiger partial charge in [-0.1, -0.05) is 0 Å². The molecule has 1 amide bonds. The van der Waals surface area contributed by atoms with Gasteiger partial charge in [-0.2, -0.15) is 0 Å². The molecule has 0 radical (unpaired) electrons. The maximum atomic E-state index is 12.1. The number of carbonyl (C=O) groups excluding carboxylic acids is 1. The zero-order valence-electron chi connectivity index (χ0n) is 12.2. The van der Waals surface area contributed by atoms with Gasteiger partial charge in [-0.05, 0) is 78.0 Å². The van der Waals surface area contributed by atoms with Crippen molar-refractivity contribution in [2.45, 2.75) is 17.9 Å². The average Bonchev–Trinajstić information content (AvgIpc) is 2.49. The largest absolute Gasteiger partial charge is 0.481 e. The summed E-state index contributed by atoms with van der Waals surface area (Å²) < 4.78 is 29.0. The van der Waals surface area contributed by atoms with Crippen LogP contribution in [0, 0.1) is 3.57 Å². The summed E-state index contributed by atoms with van der Waals surface area (Å²) in [7, 11) is -3.75. The second-order valence-corrected chi connectivity index (χ2v) is 7.58. The summed E-state index contributed by atoms with van der Waals surface area (Å²) in [4.78, 5) is 12.1. The van der Waals surface area contributed by atoms with E-state index in [2.05, 4.69) is 27.9 Å². The number of carbonyl (C=O) groups is 1. The van der Waals surface area contributed by atoms with Gasteiger partial charge in [-0.3, -0.25) is 4.79 Å². The molecule has 6 nitrogen and oxygen atoms in total. The summed E-state index contributed by atoms with van der Waals surface area (Å²) in [6.07, 6.45) is -0.701. The minimum atomic E-state index is -3.75. The van der Waals surface area contributed by atoms with Crippen molar-refractivity contribution < 1.29 is 17.9 Å². The molecule has 0 heterocycles. The lowest BCUT2D eigenvalue weighted by atomic mass is 10.3. The predicted molar refractivity (Wildman–Crippen MR) is 95.7 cm³/mol. The van der Waals surface area contributed by atoms with E-state index < -0.39 is 16.1 Å². The second kappa shape index (κ2) is 7.28. The molecule has 2 rings (SSSR count). The normalized spacial score (nSPS) is 12.5. The molecule has 0 fully saturated rings. The van der Waals surface area contributed by atoms with E-state index in [-0.39, 0.29) is 10.8 Å². The third-order valence-electron chi connectivity index (χ3n) is 2.95. The summed E-state index contributed by atoms with van der Waals surface area (Å²) >= 11 is 2.18. The van der Waals surface area contributed by atoms with Crippen molar-refractivity contribution in [3.8, 4) is 5.75 Å². The van der Waals surface area contributed by atoms with E-state index in [1.165, 1.54) is 24.3 Å². The molecule has 23 heavy (non-hydrogen) atoms. The fourth-order valence-corrected chi connectivity index (χ4v) is 2.62. The molecule has 122 valence electrons. The van der Waals surface area contributed by atoms with Crippen LogP contribution in [-0.2, 0) is 14.8 Å². The molecule has 2 aromatic rings. The fourth-order valence-electron chi connectivity index (χ4n) is 1.74. The Labute approximate surface area is 148 Å². The Bertz CT molecular complexity index is 789. The van der Waals surface area contributed by atoms with Crippen molar-refractivity contribution in [2.24, 2.45) is 5.14 Å². The zero-order valence-corrected chi connectivity index (χ0v) is 15.2. The highest BCUT2D eigenvalue weighted by Gasteiger charge is 2.15. The Kier molecular flexibility index (Phi) is 5.60. The number of halogens is 1. The van der Waals surface area contributed by atoms with Crippen molar-refractivity contribution in [2.75, 3.05) is 5.32 Å². The van der Waals surface area contributed by atoms with Crippen molar-refractivity contribution in [1.82, 2.24) is 0 Å². The van der Waals surface area contributed by atoms with Gasteiger partial charge in [0.2, 0.25) is 10.0 Å². The lowest BCUT2D eigenvalue weighted by Crippen LogP contribution is -2.30. The molecule has 0 aromatic heterocycles. The molecular formula is C15H15IN2O4S. The van der Waals surface area contributed by atoms with Gasteiger partial charge in [0.05, 0.1) is 4.90 Å². The van der Waals surface area contributed by atoms with Crippen LogP contribution in [-0.4, -0.2) is 20.4 Å². The molecule has 0 aliphatic heterocycles. The van der Waals surface area contributed by atoms with E-state index in [0.29, 0.717) is 11.4 Å². The molecule has 2 aromatic carbocycles. The number of primary sulfonamides is 1. The van der Waals surface area contributed by atoms with Crippen LogP contribution in [0.4, 0.5) is 5.69 Å². The van der Waals surface area contributed by atoms with Crippen LogP contribution in [0.3, 0.4) is 0 Å². The number of nitrogens with two attached hydrogens (primary N) is 1. The molecule has 1 atom stereocenters. The van der Waals surface area contributed by atoms with Gasteiger partial charge >= 0.3 is 0 Å². The van der Waals surface area contributed by atoms with E-state index in [1.807, 2.05) is 12.1 Å². The Morgan fingerprint density at radius 1 is 1.13 bits per heavy atom. The van der Waals surface area contributed by atoms with Crippen LogP contribution in [0.2, 0.25) is 0 Å². The molecule has 0 bridgehead atoms. The molecule has 8 heteroatoms. The highest BCUT2D eigenvalue weighted by atomic mass is 127. The summed E-state index contributed by atoms with van der Waals surface area (Å²) in [5, 5.41) is 7.67. The van der Waals surface area contributed by atoms with Crippen LogP contribution in [0.5, 0.6) is 5.75 Å². The van der Waals surface area contributed by atoms with Gasteiger partial charge in [0.15, 0.2) is 6.10 Å². The first kappa shape index (κ1) is 17.7. The van der Waals surface area contributed by atoms with Crippen LogP contribution < -0.4 is 15.2 Å². The summed E-state index contributed by atoms with van der Waals surface area (Å²) in [6, 6.07) is 12.9. The third kappa shape index (κ3) is 5.19. The monoisotopic (exact) mass is 446 g/mol. The summed E-state index contributed by atoms with van der Waals surface area (Å²) in [5.74, 6) is 0.254. The second-order valence-electron chi connectivity index (χ2n) is 4.77. The van der Waals surface area contributed by atoms with E-state index in [0.717, 1.165) is 3.57 Å². The number of anilines is 1. The number of hydrogen-bond donors (Lipinski definition) is 2. The zero-order chi connectivity index (χ0) is 17.0. The van der Waals surface area contributed by atoms with E-state index in [1.54, 1.807) is 19.1 Å². The van der Waals surface area contributed by atoms with Gasteiger partial charge in [-0.25, -0.2) is 13.6 Å². The van der Waals surface area contributed by atoms with Crippen molar-refractivity contribution >= 4 is 44.2 Å². The summed E-state index contributed by atoms with van der Waals surface area (Å²) in [6.45, 7) is 1.63. The summed E-state index contributed by atoms with van der Waals surface area (Å²) in [5.41, 5.74) is 0.459. The first-order valence-corrected chi connectivity index (χ1v) is 9.24.